The summed E-state index contributed by atoms with van der Waals surface area (Å²) in [7, 11) is 1.86. The molecule has 0 spiro atoms. The summed E-state index contributed by atoms with van der Waals surface area (Å²) in [5.74, 6) is 1.91. The third-order valence-electron chi connectivity index (χ3n) is 5.18. The quantitative estimate of drug-likeness (QED) is 0.642. The summed E-state index contributed by atoms with van der Waals surface area (Å²) in [6, 6.07) is 8.81. The smallest absolute Gasteiger partial charge is 0.191 e. The topological polar surface area (TPSA) is 36.4 Å². The fraction of sp³-hybridized carbons (Fsp3) is 0.611. The van der Waals surface area contributed by atoms with E-state index >= 15 is 0 Å². The third kappa shape index (κ3) is 3.22. The summed E-state index contributed by atoms with van der Waals surface area (Å²) in [5.41, 5.74) is 3.26. The first-order chi connectivity index (χ1) is 10.1. The molecule has 0 aliphatic heterocycles. The van der Waals surface area contributed by atoms with Crippen molar-refractivity contribution >= 4 is 5.96 Å². The molecule has 2 aliphatic carbocycles. The number of benzene rings is 1. The predicted octanol–water partition coefficient (Wildman–Crippen LogP) is 3.41. The number of hydrogen-bond acceptors (Lipinski definition) is 1. The zero-order valence-electron chi connectivity index (χ0n) is 13.4. The van der Waals surface area contributed by atoms with Crippen molar-refractivity contribution in [3.8, 4) is 0 Å². The van der Waals surface area contributed by atoms with Crippen molar-refractivity contribution in [1.82, 2.24) is 10.6 Å². The predicted molar refractivity (Wildman–Crippen MR) is 88.5 cm³/mol. The molecule has 2 N–H and O–H groups in total. The molecule has 3 heteroatoms. The van der Waals surface area contributed by atoms with Gasteiger partial charge in [0.15, 0.2) is 5.96 Å². The lowest BCUT2D eigenvalue weighted by Gasteiger charge is -2.22. The van der Waals surface area contributed by atoms with E-state index in [9.17, 15) is 0 Å². The van der Waals surface area contributed by atoms with Gasteiger partial charge >= 0.3 is 0 Å². The molecule has 0 saturated heterocycles. The van der Waals surface area contributed by atoms with Crippen molar-refractivity contribution < 1.29 is 0 Å². The lowest BCUT2D eigenvalue weighted by molar-refractivity contribution is 0.430. The van der Waals surface area contributed by atoms with E-state index in [2.05, 4.69) is 53.7 Å². The van der Waals surface area contributed by atoms with Crippen molar-refractivity contribution in [2.45, 2.75) is 45.6 Å². The number of nitrogens with one attached hydrogen (secondary N) is 2. The van der Waals surface area contributed by atoms with Crippen LogP contribution in [0, 0.1) is 18.3 Å². The average molecular weight is 285 g/mol. The number of rotatable bonds is 5. The van der Waals surface area contributed by atoms with Gasteiger partial charge in [0.2, 0.25) is 0 Å². The molecule has 1 unspecified atom stereocenters. The molecule has 3 nitrogen and oxygen atoms in total. The van der Waals surface area contributed by atoms with Crippen LogP contribution in [0.25, 0.3) is 0 Å². The van der Waals surface area contributed by atoms with E-state index in [0.29, 0.717) is 5.41 Å². The highest BCUT2D eigenvalue weighted by atomic mass is 15.2. The van der Waals surface area contributed by atoms with Crippen LogP contribution in [0.4, 0.5) is 0 Å². The van der Waals surface area contributed by atoms with Gasteiger partial charge in [0, 0.05) is 13.6 Å². The minimum absolute atomic E-state index is 0.272. The van der Waals surface area contributed by atoms with E-state index in [1.54, 1.807) is 0 Å². The summed E-state index contributed by atoms with van der Waals surface area (Å²) >= 11 is 0. The zero-order valence-corrected chi connectivity index (χ0v) is 13.4. The van der Waals surface area contributed by atoms with Crippen LogP contribution in [0.1, 0.15) is 49.8 Å². The first kappa shape index (κ1) is 14.4. The monoisotopic (exact) mass is 285 g/mol. The third-order valence-corrected chi connectivity index (χ3v) is 5.18. The van der Waals surface area contributed by atoms with E-state index in [1.165, 1.54) is 36.8 Å². The van der Waals surface area contributed by atoms with Gasteiger partial charge < -0.3 is 10.6 Å². The molecule has 0 radical (unpaired) electrons. The zero-order chi connectivity index (χ0) is 14.9. The first-order valence-electron chi connectivity index (χ1n) is 8.17. The summed E-state index contributed by atoms with van der Waals surface area (Å²) in [4.78, 5) is 4.39. The fourth-order valence-corrected chi connectivity index (χ4v) is 3.40. The summed E-state index contributed by atoms with van der Waals surface area (Å²) < 4.78 is 0. The minimum Gasteiger partial charge on any atom is -0.356 e. The molecule has 114 valence electrons. The molecule has 1 aromatic rings. The number of guanidine groups is 1. The Morgan fingerprint density at radius 3 is 2.62 bits per heavy atom. The maximum Gasteiger partial charge on any atom is 0.191 e. The second-order valence-corrected chi connectivity index (χ2v) is 6.79. The van der Waals surface area contributed by atoms with Crippen LogP contribution in [0.15, 0.2) is 29.3 Å². The number of aliphatic imine (C=N–C) groups is 1. The Kier molecular flexibility index (Phi) is 3.92. The van der Waals surface area contributed by atoms with E-state index in [-0.39, 0.29) is 6.04 Å². The summed E-state index contributed by atoms with van der Waals surface area (Å²) in [6.45, 7) is 5.44. The summed E-state index contributed by atoms with van der Waals surface area (Å²) in [6.07, 6.45) is 5.67. The van der Waals surface area contributed by atoms with Crippen molar-refractivity contribution in [2.75, 3.05) is 13.6 Å². The van der Waals surface area contributed by atoms with Crippen molar-refractivity contribution in [1.29, 1.82) is 0 Å². The molecular weight excluding hydrogens is 258 g/mol. The average Bonchev–Trinajstić information content (AvgIpc) is 3.37. The molecule has 21 heavy (non-hydrogen) atoms. The molecule has 0 bridgehead atoms. The molecule has 2 saturated carbocycles. The Morgan fingerprint density at radius 2 is 2.05 bits per heavy atom. The highest BCUT2D eigenvalue weighted by molar-refractivity contribution is 5.80. The number of aryl methyl sites for hydroxylation is 1. The van der Waals surface area contributed by atoms with Gasteiger partial charge in [0.05, 0.1) is 6.04 Å². The highest BCUT2D eigenvalue weighted by Crippen LogP contribution is 2.60. The lowest BCUT2D eigenvalue weighted by atomic mass is 10.0. The molecule has 2 aliphatic rings. The van der Waals surface area contributed by atoms with E-state index < -0.39 is 0 Å². The molecule has 1 aromatic carbocycles. The van der Waals surface area contributed by atoms with Gasteiger partial charge in [0.1, 0.15) is 0 Å². The maximum atomic E-state index is 4.39. The largest absolute Gasteiger partial charge is 0.356 e. The second-order valence-electron chi connectivity index (χ2n) is 6.79. The van der Waals surface area contributed by atoms with Crippen LogP contribution in [0.5, 0.6) is 0 Å². The van der Waals surface area contributed by atoms with Gasteiger partial charge in [-0.25, -0.2) is 0 Å². The van der Waals surface area contributed by atoms with Gasteiger partial charge in [-0.15, -0.1) is 0 Å². The van der Waals surface area contributed by atoms with Crippen LogP contribution in [-0.2, 0) is 0 Å². The Bertz CT molecular complexity index is 527. The van der Waals surface area contributed by atoms with Gasteiger partial charge in [-0.05, 0) is 62.0 Å². The standard InChI is InChI=1S/C18H27N3/c1-13-6-4-5-7-16(13)14(2)21-17(19-3)20-12-18(10-11-18)15-8-9-15/h4-7,14-15H,8-12H2,1-3H3,(H2,19,20,21). The number of hydrogen-bond donors (Lipinski definition) is 2. The van der Waals surface area contributed by atoms with Crippen molar-refractivity contribution in [3.63, 3.8) is 0 Å². The normalized spacial score (nSPS) is 21.8. The van der Waals surface area contributed by atoms with Crippen LogP contribution < -0.4 is 10.6 Å². The second kappa shape index (κ2) is 5.70. The van der Waals surface area contributed by atoms with Gasteiger partial charge in [-0.2, -0.15) is 0 Å². The Labute approximate surface area is 128 Å². The van der Waals surface area contributed by atoms with Crippen LogP contribution in [0.3, 0.4) is 0 Å². The summed E-state index contributed by atoms with van der Waals surface area (Å²) in [5, 5.41) is 7.07. The van der Waals surface area contributed by atoms with Crippen LogP contribution >= 0.6 is 0 Å². The number of nitrogens with zero attached hydrogens (tertiary/aromatic N) is 1. The lowest BCUT2D eigenvalue weighted by Crippen LogP contribution is -2.41. The van der Waals surface area contributed by atoms with Gasteiger partial charge in [-0.3, -0.25) is 4.99 Å². The highest BCUT2D eigenvalue weighted by Gasteiger charge is 2.53. The van der Waals surface area contributed by atoms with E-state index in [1.807, 2.05) is 7.05 Å². The molecule has 0 aromatic heterocycles. The van der Waals surface area contributed by atoms with E-state index in [0.717, 1.165) is 18.4 Å². The SMILES string of the molecule is CN=C(NCC1(C2CC2)CC1)NC(C)c1ccccc1C. The molecule has 1 atom stereocenters. The molecule has 3 rings (SSSR count). The Morgan fingerprint density at radius 1 is 1.33 bits per heavy atom. The molecule has 0 amide bonds. The minimum atomic E-state index is 0.272. The maximum absolute atomic E-state index is 4.39. The first-order valence-corrected chi connectivity index (χ1v) is 8.17. The van der Waals surface area contributed by atoms with Gasteiger partial charge in [-0.1, -0.05) is 24.3 Å². The van der Waals surface area contributed by atoms with Crippen molar-refractivity contribution in [3.05, 3.63) is 35.4 Å². The fourth-order valence-electron chi connectivity index (χ4n) is 3.40. The molecule has 2 fully saturated rings. The van der Waals surface area contributed by atoms with Crippen molar-refractivity contribution in [2.24, 2.45) is 16.3 Å². The Balaban J connectivity index is 1.56. The van der Waals surface area contributed by atoms with Gasteiger partial charge in [0.25, 0.3) is 0 Å². The van der Waals surface area contributed by atoms with E-state index in [4.69, 9.17) is 0 Å². The molecule has 0 heterocycles. The van der Waals surface area contributed by atoms with Crippen LogP contribution in [-0.4, -0.2) is 19.6 Å². The van der Waals surface area contributed by atoms with Crippen LogP contribution in [0.2, 0.25) is 0 Å². The Hall–Kier alpha value is -1.51. The molecular formula is C18H27N3.